The highest BCUT2D eigenvalue weighted by molar-refractivity contribution is 5.74. The van der Waals surface area contributed by atoms with Crippen molar-refractivity contribution < 1.29 is 0 Å². The molecule has 0 aromatic carbocycles. The Balaban J connectivity index is 2.21. The van der Waals surface area contributed by atoms with Crippen LogP contribution in [0.15, 0.2) is 4.79 Å². The summed E-state index contributed by atoms with van der Waals surface area (Å²) in [5, 5.41) is 3.38. The molecular weight excluding hydrogens is 230 g/mol. The van der Waals surface area contributed by atoms with Crippen molar-refractivity contribution in [3.8, 4) is 0 Å². The van der Waals surface area contributed by atoms with Crippen molar-refractivity contribution >= 4 is 11.2 Å². The van der Waals surface area contributed by atoms with Gasteiger partial charge in [-0.1, -0.05) is 0 Å². The van der Waals surface area contributed by atoms with E-state index in [1.807, 2.05) is 6.92 Å². The number of hydrogen-bond donors (Lipinski definition) is 2. The minimum atomic E-state index is -0.130. The molecule has 0 spiro atoms. The van der Waals surface area contributed by atoms with Gasteiger partial charge in [0.15, 0.2) is 5.65 Å². The molecule has 0 amide bonds. The molecule has 0 aliphatic carbocycles. The molecule has 2 N–H and O–H groups in total. The standard InChI is InChI=1S/C12H17N5O/c1-7-14-9(8-4-3-5-13-6-8)10-11(15-7)17(2)12(18)16-10/h8,13H,3-6H2,1-2H3,(H,16,18). The van der Waals surface area contributed by atoms with Crippen LogP contribution in [0.5, 0.6) is 0 Å². The minimum Gasteiger partial charge on any atom is -0.316 e. The summed E-state index contributed by atoms with van der Waals surface area (Å²) in [5.41, 5.74) is 2.34. The fourth-order valence-electron chi connectivity index (χ4n) is 2.61. The van der Waals surface area contributed by atoms with E-state index >= 15 is 0 Å². The molecular formula is C12H17N5O. The van der Waals surface area contributed by atoms with Crippen molar-refractivity contribution in [1.29, 1.82) is 0 Å². The van der Waals surface area contributed by atoms with Gasteiger partial charge in [0, 0.05) is 19.5 Å². The normalized spacial score (nSPS) is 20.4. The molecule has 1 atom stereocenters. The maximum Gasteiger partial charge on any atom is 0.327 e. The molecule has 1 aliphatic heterocycles. The number of aromatic amines is 1. The van der Waals surface area contributed by atoms with E-state index < -0.39 is 0 Å². The Morgan fingerprint density at radius 2 is 2.22 bits per heavy atom. The molecule has 0 saturated carbocycles. The molecule has 1 fully saturated rings. The average molecular weight is 247 g/mol. The van der Waals surface area contributed by atoms with Gasteiger partial charge in [0.1, 0.15) is 11.3 Å². The van der Waals surface area contributed by atoms with E-state index in [1.165, 1.54) is 0 Å². The number of H-pyrrole nitrogens is 1. The fourth-order valence-corrected chi connectivity index (χ4v) is 2.61. The Morgan fingerprint density at radius 3 is 2.94 bits per heavy atom. The van der Waals surface area contributed by atoms with Crippen LogP contribution in [0.25, 0.3) is 11.2 Å². The van der Waals surface area contributed by atoms with Crippen LogP contribution in [0.1, 0.15) is 30.3 Å². The summed E-state index contributed by atoms with van der Waals surface area (Å²) < 4.78 is 1.55. The molecule has 6 nitrogen and oxygen atoms in total. The third-order valence-electron chi connectivity index (χ3n) is 3.57. The van der Waals surface area contributed by atoms with Crippen LogP contribution in [-0.2, 0) is 7.05 Å². The third kappa shape index (κ3) is 1.73. The lowest BCUT2D eigenvalue weighted by molar-refractivity contribution is 0.455. The van der Waals surface area contributed by atoms with E-state index in [-0.39, 0.29) is 5.69 Å². The summed E-state index contributed by atoms with van der Waals surface area (Å²) >= 11 is 0. The van der Waals surface area contributed by atoms with E-state index in [0.717, 1.165) is 43.0 Å². The number of nitrogens with one attached hydrogen (secondary N) is 2. The summed E-state index contributed by atoms with van der Waals surface area (Å²) in [5.74, 6) is 1.08. The first-order valence-corrected chi connectivity index (χ1v) is 6.31. The molecule has 0 bridgehead atoms. The van der Waals surface area contributed by atoms with E-state index in [9.17, 15) is 4.79 Å². The first kappa shape index (κ1) is 11.4. The molecule has 3 rings (SSSR count). The molecule has 96 valence electrons. The zero-order chi connectivity index (χ0) is 12.7. The largest absolute Gasteiger partial charge is 0.327 e. The van der Waals surface area contributed by atoms with E-state index in [4.69, 9.17) is 0 Å². The number of aryl methyl sites for hydroxylation is 2. The summed E-state index contributed by atoms with van der Waals surface area (Å²) in [7, 11) is 1.73. The second-order valence-electron chi connectivity index (χ2n) is 4.89. The van der Waals surface area contributed by atoms with Gasteiger partial charge in [0.05, 0.1) is 5.69 Å². The molecule has 18 heavy (non-hydrogen) atoms. The lowest BCUT2D eigenvalue weighted by Gasteiger charge is -2.22. The zero-order valence-corrected chi connectivity index (χ0v) is 10.7. The SMILES string of the molecule is Cc1nc(C2CCCNC2)c2[nH]c(=O)n(C)c2n1. The van der Waals surface area contributed by atoms with E-state index in [0.29, 0.717) is 11.6 Å². The highest BCUT2D eigenvalue weighted by Crippen LogP contribution is 2.26. The predicted molar refractivity (Wildman–Crippen MR) is 68.7 cm³/mol. The number of aromatic nitrogens is 4. The quantitative estimate of drug-likeness (QED) is 0.766. The van der Waals surface area contributed by atoms with Gasteiger partial charge in [0.25, 0.3) is 0 Å². The van der Waals surface area contributed by atoms with E-state index in [1.54, 1.807) is 11.6 Å². The number of rotatable bonds is 1. The van der Waals surface area contributed by atoms with Crippen LogP contribution in [0.4, 0.5) is 0 Å². The molecule has 1 unspecified atom stereocenters. The van der Waals surface area contributed by atoms with Gasteiger partial charge < -0.3 is 10.3 Å². The van der Waals surface area contributed by atoms with Crippen LogP contribution in [0, 0.1) is 6.92 Å². The molecule has 2 aromatic heterocycles. The van der Waals surface area contributed by atoms with Gasteiger partial charge in [0.2, 0.25) is 0 Å². The zero-order valence-electron chi connectivity index (χ0n) is 10.7. The summed E-state index contributed by atoms with van der Waals surface area (Å²) in [4.78, 5) is 23.5. The number of piperidine rings is 1. The lowest BCUT2D eigenvalue weighted by atomic mass is 9.95. The number of nitrogens with zero attached hydrogens (tertiary/aromatic N) is 3. The van der Waals surface area contributed by atoms with Gasteiger partial charge in [-0.2, -0.15) is 0 Å². The lowest BCUT2D eigenvalue weighted by Crippen LogP contribution is -2.29. The Labute approximate surface area is 104 Å². The number of fused-ring (bicyclic) bond motifs is 1. The van der Waals surface area contributed by atoms with Crippen molar-refractivity contribution in [2.45, 2.75) is 25.7 Å². The van der Waals surface area contributed by atoms with Crippen LogP contribution in [-0.4, -0.2) is 32.6 Å². The predicted octanol–water partition coefficient (Wildman–Crippen LogP) is 0.432. The Morgan fingerprint density at radius 1 is 1.39 bits per heavy atom. The van der Waals surface area contributed by atoms with Gasteiger partial charge in [-0.3, -0.25) is 4.57 Å². The summed E-state index contributed by atoms with van der Waals surface area (Å²) in [6.45, 7) is 3.86. The fraction of sp³-hybridized carbons (Fsp3) is 0.583. The van der Waals surface area contributed by atoms with Crippen LogP contribution in [0.2, 0.25) is 0 Å². The van der Waals surface area contributed by atoms with Crippen molar-refractivity contribution in [3.05, 3.63) is 22.0 Å². The minimum absolute atomic E-state index is 0.130. The maximum absolute atomic E-state index is 11.7. The van der Waals surface area contributed by atoms with Crippen LogP contribution < -0.4 is 11.0 Å². The van der Waals surface area contributed by atoms with Gasteiger partial charge in [-0.25, -0.2) is 14.8 Å². The van der Waals surface area contributed by atoms with E-state index in [2.05, 4.69) is 20.3 Å². The molecule has 2 aromatic rings. The van der Waals surface area contributed by atoms with Crippen LogP contribution in [0.3, 0.4) is 0 Å². The molecule has 0 radical (unpaired) electrons. The smallest absolute Gasteiger partial charge is 0.316 e. The van der Waals surface area contributed by atoms with Gasteiger partial charge in [-0.15, -0.1) is 0 Å². The first-order chi connectivity index (χ1) is 8.66. The van der Waals surface area contributed by atoms with Crippen molar-refractivity contribution in [2.24, 2.45) is 7.05 Å². The molecule has 6 heteroatoms. The summed E-state index contributed by atoms with van der Waals surface area (Å²) in [6, 6.07) is 0. The number of hydrogen-bond acceptors (Lipinski definition) is 4. The molecule has 1 aliphatic rings. The van der Waals surface area contributed by atoms with Crippen LogP contribution >= 0.6 is 0 Å². The Hall–Kier alpha value is -1.69. The van der Waals surface area contributed by atoms with Gasteiger partial charge in [-0.05, 0) is 26.3 Å². The average Bonchev–Trinajstić information content (AvgIpc) is 2.66. The Bertz CT molecular complexity index is 636. The van der Waals surface area contributed by atoms with Crippen molar-refractivity contribution in [2.75, 3.05) is 13.1 Å². The van der Waals surface area contributed by atoms with Crippen molar-refractivity contribution in [3.63, 3.8) is 0 Å². The number of imidazole rings is 1. The molecule has 3 heterocycles. The first-order valence-electron chi connectivity index (χ1n) is 6.31. The highest BCUT2D eigenvalue weighted by Gasteiger charge is 2.22. The Kier molecular flexibility index (Phi) is 2.66. The highest BCUT2D eigenvalue weighted by atomic mass is 16.1. The summed E-state index contributed by atoms with van der Waals surface area (Å²) in [6.07, 6.45) is 2.25. The second kappa shape index (κ2) is 4.20. The third-order valence-corrected chi connectivity index (χ3v) is 3.57. The monoisotopic (exact) mass is 247 g/mol. The molecule has 1 saturated heterocycles. The topological polar surface area (TPSA) is 75.6 Å². The van der Waals surface area contributed by atoms with Crippen molar-refractivity contribution in [1.82, 2.24) is 24.8 Å². The van der Waals surface area contributed by atoms with Gasteiger partial charge >= 0.3 is 5.69 Å². The second-order valence-corrected chi connectivity index (χ2v) is 4.89. The maximum atomic E-state index is 11.7.